The molecule has 0 fully saturated rings. The second-order valence-electron chi connectivity index (χ2n) is 4.60. The molecule has 0 aliphatic rings. The molecule has 4 heteroatoms. The van der Waals surface area contributed by atoms with Crippen LogP contribution in [0.2, 0.25) is 0 Å². The van der Waals surface area contributed by atoms with Crippen LogP contribution in [0.4, 0.5) is 0 Å². The zero-order valence-corrected chi connectivity index (χ0v) is 11.6. The molecule has 0 saturated heterocycles. The molecule has 0 saturated carbocycles. The molecule has 0 spiro atoms. The van der Waals surface area contributed by atoms with Gasteiger partial charge >= 0.3 is 5.97 Å². The summed E-state index contributed by atoms with van der Waals surface area (Å²) in [6, 6.07) is 4.13. The Hall–Kier alpha value is -0.870. The molecule has 1 heterocycles. The predicted octanol–water partition coefficient (Wildman–Crippen LogP) is 3.07. The van der Waals surface area contributed by atoms with E-state index in [1.807, 2.05) is 19.9 Å². The average molecular weight is 255 g/mol. The van der Waals surface area contributed by atoms with Gasteiger partial charge in [0, 0.05) is 18.0 Å². The summed E-state index contributed by atoms with van der Waals surface area (Å²) in [5, 5.41) is 11.3. The highest BCUT2D eigenvalue weighted by molar-refractivity contribution is 7.09. The number of rotatable bonds is 7. The van der Waals surface area contributed by atoms with Crippen LogP contribution in [0.25, 0.3) is 0 Å². The molecular weight excluding hydrogens is 234 g/mol. The Balaban J connectivity index is 2.65. The SMILES string of the molecule is CCN(Cc1cccs1)CC(C)(CC)C(=O)O. The first-order valence-corrected chi connectivity index (χ1v) is 6.88. The van der Waals surface area contributed by atoms with Crippen molar-refractivity contribution in [3.63, 3.8) is 0 Å². The molecule has 17 heavy (non-hydrogen) atoms. The monoisotopic (exact) mass is 255 g/mol. The summed E-state index contributed by atoms with van der Waals surface area (Å²) in [5.74, 6) is -0.704. The molecule has 0 aliphatic carbocycles. The van der Waals surface area contributed by atoms with E-state index in [-0.39, 0.29) is 0 Å². The van der Waals surface area contributed by atoms with E-state index in [0.717, 1.165) is 13.1 Å². The standard InChI is InChI=1S/C13H21NO2S/c1-4-13(3,12(15)16)10-14(5-2)9-11-7-6-8-17-11/h6-8H,4-5,9-10H2,1-3H3,(H,15,16). The maximum Gasteiger partial charge on any atom is 0.310 e. The van der Waals surface area contributed by atoms with E-state index in [1.54, 1.807) is 11.3 Å². The van der Waals surface area contributed by atoms with Crippen molar-refractivity contribution in [3.05, 3.63) is 22.4 Å². The number of hydrogen-bond acceptors (Lipinski definition) is 3. The van der Waals surface area contributed by atoms with Crippen molar-refractivity contribution in [3.8, 4) is 0 Å². The van der Waals surface area contributed by atoms with Crippen LogP contribution in [0.5, 0.6) is 0 Å². The predicted molar refractivity (Wildman–Crippen MR) is 71.3 cm³/mol. The Bertz CT molecular complexity index is 350. The van der Waals surface area contributed by atoms with Gasteiger partial charge < -0.3 is 5.11 Å². The van der Waals surface area contributed by atoms with Gasteiger partial charge in [-0.15, -0.1) is 11.3 Å². The Morgan fingerprint density at radius 2 is 2.24 bits per heavy atom. The van der Waals surface area contributed by atoms with Gasteiger partial charge in [-0.1, -0.05) is 19.9 Å². The van der Waals surface area contributed by atoms with Crippen molar-refractivity contribution in [2.75, 3.05) is 13.1 Å². The van der Waals surface area contributed by atoms with Gasteiger partial charge in [0.1, 0.15) is 0 Å². The minimum atomic E-state index is -0.704. The van der Waals surface area contributed by atoms with Gasteiger partial charge in [0.05, 0.1) is 5.41 Å². The Kier molecular flexibility index (Phi) is 5.15. The Labute approximate surface area is 107 Å². The first-order valence-electron chi connectivity index (χ1n) is 6.00. The summed E-state index contributed by atoms with van der Waals surface area (Å²) in [6.07, 6.45) is 0.656. The van der Waals surface area contributed by atoms with Crippen LogP contribution >= 0.6 is 11.3 Å². The van der Waals surface area contributed by atoms with Crippen LogP contribution in [-0.4, -0.2) is 29.1 Å². The minimum Gasteiger partial charge on any atom is -0.481 e. The molecular formula is C13H21NO2S. The number of carboxylic acid groups (broad SMARTS) is 1. The van der Waals surface area contributed by atoms with Crippen LogP contribution in [0, 0.1) is 5.41 Å². The maximum absolute atomic E-state index is 11.3. The number of thiophene rings is 1. The first-order chi connectivity index (χ1) is 8.01. The minimum absolute atomic E-state index is 0.604. The quantitative estimate of drug-likeness (QED) is 0.814. The van der Waals surface area contributed by atoms with E-state index in [4.69, 9.17) is 0 Å². The third-order valence-electron chi connectivity index (χ3n) is 3.28. The fraction of sp³-hybridized carbons (Fsp3) is 0.615. The summed E-state index contributed by atoms with van der Waals surface area (Å²) in [7, 11) is 0. The smallest absolute Gasteiger partial charge is 0.310 e. The normalized spacial score (nSPS) is 14.8. The summed E-state index contributed by atoms with van der Waals surface area (Å²) in [5.41, 5.74) is -0.646. The van der Waals surface area contributed by atoms with E-state index < -0.39 is 11.4 Å². The molecule has 1 N–H and O–H groups in total. The number of carboxylic acids is 1. The highest BCUT2D eigenvalue weighted by atomic mass is 32.1. The highest BCUT2D eigenvalue weighted by Gasteiger charge is 2.32. The second-order valence-corrected chi connectivity index (χ2v) is 5.63. The van der Waals surface area contributed by atoms with Gasteiger partial charge in [-0.25, -0.2) is 0 Å². The zero-order valence-electron chi connectivity index (χ0n) is 10.8. The van der Waals surface area contributed by atoms with Gasteiger partial charge in [0.25, 0.3) is 0 Å². The molecule has 0 amide bonds. The van der Waals surface area contributed by atoms with E-state index >= 15 is 0 Å². The molecule has 96 valence electrons. The molecule has 0 aliphatic heterocycles. The molecule has 1 atom stereocenters. The number of nitrogens with zero attached hydrogens (tertiary/aromatic N) is 1. The Morgan fingerprint density at radius 3 is 2.65 bits per heavy atom. The Morgan fingerprint density at radius 1 is 1.53 bits per heavy atom. The van der Waals surface area contributed by atoms with E-state index in [2.05, 4.69) is 23.3 Å². The molecule has 0 radical (unpaired) electrons. The van der Waals surface area contributed by atoms with Crippen molar-refractivity contribution in [2.24, 2.45) is 5.41 Å². The fourth-order valence-corrected chi connectivity index (χ4v) is 2.47. The van der Waals surface area contributed by atoms with Gasteiger partial charge in [0.15, 0.2) is 0 Å². The lowest BCUT2D eigenvalue weighted by Crippen LogP contribution is -2.40. The largest absolute Gasteiger partial charge is 0.481 e. The van der Waals surface area contributed by atoms with E-state index in [9.17, 15) is 9.90 Å². The van der Waals surface area contributed by atoms with Crippen LogP contribution in [0.1, 0.15) is 32.1 Å². The first kappa shape index (κ1) is 14.2. The summed E-state index contributed by atoms with van der Waals surface area (Å²) in [6.45, 7) is 8.16. The summed E-state index contributed by atoms with van der Waals surface area (Å²) < 4.78 is 0. The van der Waals surface area contributed by atoms with Gasteiger partial charge in [-0.05, 0) is 31.3 Å². The number of aliphatic carboxylic acids is 1. The van der Waals surface area contributed by atoms with Gasteiger partial charge in [0.2, 0.25) is 0 Å². The maximum atomic E-state index is 11.3. The van der Waals surface area contributed by atoms with Crippen LogP contribution in [0.3, 0.4) is 0 Å². The fourth-order valence-electron chi connectivity index (χ4n) is 1.73. The molecule has 1 unspecified atom stereocenters. The number of carbonyl (C=O) groups is 1. The topological polar surface area (TPSA) is 40.5 Å². The van der Waals surface area contributed by atoms with Gasteiger partial charge in [-0.2, -0.15) is 0 Å². The zero-order chi connectivity index (χ0) is 12.9. The van der Waals surface area contributed by atoms with Crippen molar-refractivity contribution in [1.29, 1.82) is 0 Å². The van der Waals surface area contributed by atoms with E-state index in [0.29, 0.717) is 13.0 Å². The van der Waals surface area contributed by atoms with Crippen LogP contribution in [-0.2, 0) is 11.3 Å². The lowest BCUT2D eigenvalue weighted by Gasteiger charge is -2.30. The number of hydrogen-bond donors (Lipinski definition) is 1. The van der Waals surface area contributed by atoms with Crippen molar-refractivity contribution >= 4 is 17.3 Å². The van der Waals surface area contributed by atoms with Crippen molar-refractivity contribution in [2.45, 2.75) is 33.7 Å². The molecule has 1 rings (SSSR count). The molecule has 3 nitrogen and oxygen atoms in total. The molecule has 0 bridgehead atoms. The second kappa shape index (κ2) is 6.17. The molecule has 1 aromatic rings. The van der Waals surface area contributed by atoms with Crippen LogP contribution < -0.4 is 0 Å². The van der Waals surface area contributed by atoms with Gasteiger partial charge in [-0.3, -0.25) is 9.69 Å². The summed E-state index contributed by atoms with van der Waals surface area (Å²) in [4.78, 5) is 14.8. The molecule has 0 aromatic carbocycles. The van der Waals surface area contributed by atoms with E-state index in [1.165, 1.54) is 4.88 Å². The average Bonchev–Trinajstić information content (AvgIpc) is 2.80. The lowest BCUT2D eigenvalue weighted by molar-refractivity contribution is -0.149. The van der Waals surface area contributed by atoms with Crippen LogP contribution in [0.15, 0.2) is 17.5 Å². The third-order valence-corrected chi connectivity index (χ3v) is 4.14. The van der Waals surface area contributed by atoms with Crippen molar-refractivity contribution in [1.82, 2.24) is 4.90 Å². The summed E-state index contributed by atoms with van der Waals surface area (Å²) >= 11 is 1.72. The third kappa shape index (κ3) is 3.82. The lowest BCUT2D eigenvalue weighted by atomic mass is 9.87. The molecule has 1 aromatic heterocycles. The van der Waals surface area contributed by atoms with Crippen molar-refractivity contribution < 1.29 is 9.90 Å². The highest BCUT2D eigenvalue weighted by Crippen LogP contribution is 2.24.